The van der Waals surface area contributed by atoms with Gasteiger partial charge in [-0.2, -0.15) is 4.72 Å². The maximum atomic E-state index is 12.9. The fraction of sp³-hybridized carbons (Fsp3) is 0.368. The van der Waals surface area contributed by atoms with Crippen molar-refractivity contribution < 1.29 is 18.6 Å². The first-order valence-corrected chi connectivity index (χ1v) is 10.3. The van der Waals surface area contributed by atoms with E-state index in [1.807, 2.05) is 43.3 Å². The lowest BCUT2D eigenvalue weighted by molar-refractivity contribution is -0.950. The van der Waals surface area contributed by atoms with Crippen molar-refractivity contribution in [1.29, 1.82) is 0 Å². The lowest BCUT2D eigenvalue weighted by Gasteiger charge is -2.35. The van der Waals surface area contributed by atoms with E-state index in [4.69, 9.17) is 0 Å². The molecule has 2 aromatic rings. The van der Waals surface area contributed by atoms with E-state index in [-0.39, 0.29) is 0 Å². The molecule has 0 bridgehead atoms. The predicted molar refractivity (Wildman–Crippen MR) is 97.8 cm³/mol. The first kappa shape index (κ1) is 18.1. The summed E-state index contributed by atoms with van der Waals surface area (Å²) in [6.07, 6.45) is 0. The number of piperazine rings is 1. The highest BCUT2D eigenvalue weighted by Gasteiger charge is 2.37. The molecule has 5 nitrogen and oxygen atoms in total. The second-order valence-corrected chi connectivity index (χ2v) is 8.59. The van der Waals surface area contributed by atoms with Gasteiger partial charge in [0.15, 0.2) is 0 Å². The van der Waals surface area contributed by atoms with E-state index in [1.54, 1.807) is 24.3 Å². The first-order valence-electron chi connectivity index (χ1n) is 8.79. The van der Waals surface area contributed by atoms with Gasteiger partial charge in [0.05, 0.1) is 4.90 Å². The number of quaternary nitrogens is 2. The fourth-order valence-electron chi connectivity index (χ4n) is 3.52. The van der Waals surface area contributed by atoms with Crippen LogP contribution in [0.1, 0.15) is 12.5 Å². The van der Waals surface area contributed by atoms with Gasteiger partial charge >= 0.3 is 0 Å². The molecule has 0 aromatic heterocycles. The van der Waals surface area contributed by atoms with Crippen LogP contribution in [0.4, 0.5) is 0 Å². The molecular formula is C19H27N3O2S+2. The van der Waals surface area contributed by atoms with Crippen molar-refractivity contribution in [2.24, 2.45) is 0 Å². The molecule has 2 aromatic carbocycles. The van der Waals surface area contributed by atoms with Gasteiger partial charge in [0.2, 0.25) is 10.0 Å². The molecule has 1 aliphatic rings. The molecule has 0 radical (unpaired) electrons. The summed E-state index contributed by atoms with van der Waals surface area (Å²) >= 11 is 0. The van der Waals surface area contributed by atoms with Gasteiger partial charge in [-0.15, -0.1) is 0 Å². The highest BCUT2D eigenvalue weighted by atomic mass is 32.2. The Labute approximate surface area is 150 Å². The summed E-state index contributed by atoms with van der Waals surface area (Å²) < 4.78 is 28.9. The highest BCUT2D eigenvalue weighted by molar-refractivity contribution is 7.89. The van der Waals surface area contributed by atoms with Crippen LogP contribution in [0.15, 0.2) is 65.6 Å². The molecule has 0 aliphatic carbocycles. The average molecular weight is 362 g/mol. The van der Waals surface area contributed by atoms with E-state index in [0.717, 1.165) is 38.3 Å². The van der Waals surface area contributed by atoms with Crippen molar-refractivity contribution in [2.45, 2.75) is 17.4 Å². The zero-order valence-electron chi connectivity index (χ0n) is 14.6. The number of hydrogen-bond donors (Lipinski definition) is 3. The molecule has 0 saturated carbocycles. The van der Waals surface area contributed by atoms with Crippen LogP contribution in [-0.4, -0.2) is 41.1 Å². The number of hydrogen-bond acceptors (Lipinski definition) is 2. The van der Waals surface area contributed by atoms with E-state index in [0.29, 0.717) is 4.90 Å². The minimum Gasteiger partial charge on any atom is -0.337 e. The third-order valence-electron chi connectivity index (χ3n) is 4.83. The van der Waals surface area contributed by atoms with Crippen molar-refractivity contribution in [3.8, 4) is 0 Å². The van der Waals surface area contributed by atoms with Gasteiger partial charge in [-0.25, -0.2) is 8.42 Å². The maximum absolute atomic E-state index is 12.9. The predicted octanol–water partition coefficient (Wildman–Crippen LogP) is -0.658. The van der Waals surface area contributed by atoms with Crippen LogP contribution in [0, 0.1) is 0 Å². The molecule has 6 heteroatoms. The Morgan fingerprint density at radius 3 is 2.16 bits per heavy atom. The standard InChI is InChI=1S/C19H25N3O2S/c1-19(17-8-4-2-5-9-17,16-22-14-12-20-13-15-22)21-25(23,24)18-10-6-3-7-11-18/h2-11,20-21H,12-16H2,1H3/p+2/t19-/m1/s1. The van der Waals surface area contributed by atoms with Crippen molar-refractivity contribution in [1.82, 2.24) is 4.72 Å². The average Bonchev–Trinajstić information content (AvgIpc) is 2.63. The molecule has 0 unspecified atom stereocenters. The molecular weight excluding hydrogens is 334 g/mol. The molecule has 4 N–H and O–H groups in total. The molecule has 1 saturated heterocycles. The Hall–Kier alpha value is -1.73. The minimum absolute atomic E-state index is 0.305. The van der Waals surface area contributed by atoms with E-state index < -0.39 is 15.6 Å². The molecule has 1 heterocycles. The van der Waals surface area contributed by atoms with E-state index in [1.165, 1.54) is 4.90 Å². The lowest BCUT2D eigenvalue weighted by atomic mass is 9.92. The van der Waals surface area contributed by atoms with Crippen LogP contribution in [0.25, 0.3) is 0 Å². The SMILES string of the molecule is C[C@](C[NH+]1CC[NH2+]CC1)(NS(=O)(=O)c1ccccc1)c1ccccc1. The Morgan fingerprint density at radius 2 is 1.56 bits per heavy atom. The molecule has 25 heavy (non-hydrogen) atoms. The molecule has 0 amide bonds. The van der Waals surface area contributed by atoms with Gasteiger partial charge in [-0.1, -0.05) is 48.5 Å². The summed E-state index contributed by atoms with van der Waals surface area (Å²) in [5.74, 6) is 0. The smallest absolute Gasteiger partial charge is 0.241 e. The van der Waals surface area contributed by atoms with Crippen LogP contribution in [-0.2, 0) is 15.6 Å². The van der Waals surface area contributed by atoms with Crippen LogP contribution >= 0.6 is 0 Å². The summed E-state index contributed by atoms with van der Waals surface area (Å²) in [6, 6.07) is 18.5. The zero-order valence-corrected chi connectivity index (χ0v) is 15.4. The van der Waals surface area contributed by atoms with Gasteiger partial charge in [0.25, 0.3) is 0 Å². The van der Waals surface area contributed by atoms with Crippen LogP contribution in [0.5, 0.6) is 0 Å². The van der Waals surface area contributed by atoms with Crippen molar-refractivity contribution in [2.75, 3.05) is 32.7 Å². The Balaban J connectivity index is 1.91. The largest absolute Gasteiger partial charge is 0.337 e. The Morgan fingerprint density at radius 1 is 1.00 bits per heavy atom. The topological polar surface area (TPSA) is 67.2 Å². The van der Waals surface area contributed by atoms with E-state index in [2.05, 4.69) is 10.0 Å². The van der Waals surface area contributed by atoms with Crippen LogP contribution in [0.2, 0.25) is 0 Å². The van der Waals surface area contributed by atoms with Gasteiger partial charge < -0.3 is 10.2 Å². The monoisotopic (exact) mass is 361 g/mol. The minimum atomic E-state index is -3.59. The van der Waals surface area contributed by atoms with Gasteiger partial charge in [-0.05, 0) is 24.6 Å². The normalized spacial score (nSPS) is 18.6. The first-order chi connectivity index (χ1) is 12.0. The molecule has 134 valence electrons. The third kappa shape index (κ3) is 4.46. The summed E-state index contributed by atoms with van der Waals surface area (Å²) in [6.45, 7) is 7.01. The number of sulfonamides is 1. The molecule has 3 rings (SSSR count). The van der Waals surface area contributed by atoms with Gasteiger partial charge in [0.1, 0.15) is 38.3 Å². The quantitative estimate of drug-likeness (QED) is 0.640. The number of nitrogens with one attached hydrogen (secondary N) is 2. The number of benzene rings is 2. The summed E-state index contributed by atoms with van der Waals surface area (Å²) in [7, 11) is -3.59. The van der Waals surface area contributed by atoms with E-state index >= 15 is 0 Å². The molecule has 1 atom stereocenters. The summed E-state index contributed by atoms with van der Waals surface area (Å²) in [5, 5.41) is 2.32. The van der Waals surface area contributed by atoms with Crippen molar-refractivity contribution in [3.05, 3.63) is 66.2 Å². The van der Waals surface area contributed by atoms with E-state index in [9.17, 15) is 8.42 Å². The maximum Gasteiger partial charge on any atom is 0.241 e. The fourth-order valence-corrected chi connectivity index (χ4v) is 4.93. The Bertz CT molecular complexity index is 775. The third-order valence-corrected chi connectivity index (χ3v) is 6.44. The molecule has 0 spiro atoms. The Kier molecular flexibility index (Phi) is 5.54. The molecule has 1 aliphatic heterocycles. The van der Waals surface area contributed by atoms with Crippen LogP contribution < -0.4 is 14.9 Å². The van der Waals surface area contributed by atoms with Gasteiger partial charge in [0, 0.05) is 0 Å². The summed E-state index contributed by atoms with van der Waals surface area (Å²) in [5.41, 5.74) is 0.347. The highest BCUT2D eigenvalue weighted by Crippen LogP contribution is 2.22. The second kappa shape index (κ2) is 7.66. The van der Waals surface area contributed by atoms with Gasteiger partial charge in [-0.3, -0.25) is 0 Å². The zero-order chi connectivity index (χ0) is 17.8. The molecule has 1 fully saturated rings. The lowest BCUT2D eigenvalue weighted by Crippen LogP contribution is -3.21. The number of nitrogens with two attached hydrogens (primary N) is 1. The van der Waals surface area contributed by atoms with Crippen molar-refractivity contribution in [3.63, 3.8) is 0 Å². The van der Waals surface area contributed by atoms with Crippen LogP contribution in [0.3, 0.4) is 0 Å². The number of rotatable bonds is 6. The summed E-state index contributed by atoms with van der Waals surface area (Å²) in [4.78, 5) is 1.74. The second-order valence-electron chi connectivity index (χ2n) is 6.91. The van der Waals surface area contributed by atoms with Crippen molar-refractivity contribution >= 4 is 10.0 Å².